The molecule has 0 saturated heterocycles. The molecule has 3 N–H and O–H groups in total. The molecular weight excluding hydrogens is 176 g/mol. The summed E-state index contributed by atoms with van der Waals surface area (Å²) in [5, 5.41) is 3.00. The van der Waals surface area contributed by atoms with E-state index in [1.54, 1.807) is 0 Å². The highest BCUT2D eigenvalue weighted by Gasteiger charge is 2.33. The van der Waals surface area contributed by atoms with E-state index in [0.717, 1.165) is 19.3 Å². The van der Waals surface area contributed by atoms with Gasteiger partial charge in [0.05, 0.1) is 5.41 Å². The number of carbonyl (C=O) groups is 1. The van der Waals surface area contributed by atoms with E-state index in [2.05, 4.69) is 12.2 Å². The van der Waals surface area contributed by atoms with Gasteiger partial charge in [-0.2, -0.15) is 0 Å². The highest BCUT2D eigenvalue weighted by atomic mass is 16.2. The van der Waals surface area contributed by atoms with Gasteiger partial charge in [-0.1, -0.05) is 20.8 Å². The third kappa shape index (κ3) is 2.98. The fourth-order valence-corrected chi connectivity index (χ4v) is 1.43. The van der Waals surface area contributed by atoms with Gasteiger partial charge < -0.3 is 11.1 Å². The van der Waals surface area contributed by atoms with Crippen LogP contribution in [-0.2, 0) is 4.79 Å². The second-order valence-corrected chi connectivity index (χ2v) is 3.97. The monoisotopic (exact) mass is 200 g/mol. The molecule has 1 amide bonds. The first-order valence-electron chi connectivity index (χ1n) is 5.57. The van der Waals surface area contributed by atoms with Crippen molar-refractivity contribution in [1.29, 1.82) is 0 Å². The van der Waals surface area contributed by atoms with E-state index in [1.165, 1.54) is 0 Å². The van der Waals surface area contributed by atoms with Crippen LogP contribution < -0.4 is 11.1 Å². The highest BCUT2D eigenvalue weighted by molar-refractivity contribution is 5.83. The summed E-state index contributed by atoms with van der Waals surface area (Å²) in [6.07, 6.45) is 2.57. The Morgan fingerprint density at radius 1 is 1.36 bits per heavy atom. The Morgan fingerprint density at radius 2 is 1.86 bits per heavy atom. The van der Waals surface area contributed by atoms with Crippen molar-refractivity contribution in [2.24, 2.45) is 11.1 Å². The van der Waals surface area contributed by atoms with Crippen LogP contribution in [0.25, 0.3) is 0 Å². The van der Waals surface area contributed by atoms with Gasteiger partial charge >= 0.3 is 0 Å². The standard InChI is InChI=1S/C11H24N2O/c1-5-9(4)13-10(14)11(6-2,7-3)8-12/h9H,5-8,12H2,1-4H3,(H,13,14). The fraction of sp³-hybridized carbons (Fsp3) is 0.909. The lowest BCUT2D eigenvalue weighted by atomic mass is 9.81. The third-order valence-corrected chi connectivity index (χ3v) is 3.22. The van der Waals surface area contributed by atoms with E-state index in [4.69, 9.17) is 5.73 Å². The summed E-state index contributed by atoms with van der Waals surface area (Å²) in [6, 6.07) is 0.242. The molecule has 0 rings (SSSR count). The Kier molecular flexibility index (Phi) is 5.77. The molecular formula is C11H24N2O. The lowest BCUT2D eigenvalue weighted by molar-refractivity contribution is -0.131. The molecule has 0 aromatic rings. The summed E-state index contributed by atoms with van der Waals surface area (Å²) in [7, 11) is 0. The van der Waals surface area contributed by atoms with Crippen molar-refractivity contribution in [3.8, 4) is 0 Å². The van der Waals surface area contributed by atoms with E-state index in [0.29, 0.717) is 6.54 Å². The number of nitrogens with two attached hydrogens (primary N) is 1. The molecule has 0 aromatic carbocycles. The summed E-state index contributed by atoms with van der Waals surface area (Å²) in [5.74, 6) is 0.111. The molecule has 0 heterocycles. The van der Waals surface area contributed by atoms with Gasteiger partial charge in [0.15, 0.2) is 0 Å². The van der Waals surface area contributed by atoms with Gasteiger partial charge in [0.25, 0.3) is 0 Å². The summed E-state index contributed by atoms with van der Waals surface area (Å²) in [5.41, 5.74) is 5.33. The van der Waals surface area contributed by atoms with Gasteiger partial charge in [-0.3, -0.25) is 4.79 Å². The van der Waals surface area contributed by atoms with Gasteiger partial charge in [-0.05, 0) is 26.2 Å². The van der Waals surface area contributed by atoms with Gasteiger partial charge in [0, 0.05) is 12.6 Å². The molecule has 0 bridgehead atoms. The zero-order valence-electron chi connectivity index (χ0n) is 9.89. The molecule has 0 saturated carbocycles. The first-order valence-corrected chi connectivity index (χ1v) is 5.57. The molecule has 3 heteroatoms. The van der Waals surface area contributed by atoms with Crippen LogP contribution in [0.2, 0.25) is 0 Å². The predicted octanol–water partition coefficient (Wildman–Crippen LogP) is 1.67. The van der Waals surface area contributed by atoms with Crippen molar-refractivity contribution in [1.82, 2.24) is 5.32 Å². The summed E-state index contributed by atoms with van der Waals surface area (Å²) >= 11 is 0. The normalized spacial score (nSPS) is 13.8. The summed E-state index contributed by atoms with van der Waals surface area (Å²) in [4.78, 5) is 11.9. The van der Waals surface area contributed by atoms with Crippen molar-refractivity contribution in [2.45, 2.75) is 53.0 Å². The number of hydrogen-bond donors (Lipinski definition) is 2. The minimum absolute atomic E-state index is 0.111. The molecule has 0 aromatic heterocycles. The van der Waals surface area contributed by atoms with Crippen molar-refractivity contribution in [3.63, 3.8) is 0 Å². The van der Waals surface area contributed by atoms with Crippen LogP contribution in [0.1, 0.15) is 47.0 Å². The Bertz CT molecular complexity index is 168. The summed E-state index contributed by atoms with van der Waals surface area (Å²) < 4.78 is 0. The molecule has 0 fully saturated rings. The Morgan fingerprint density at radius 3 is 2.14 bits per heavy atom. The lowest BCUT2D eigenvalue weighted by Gasteiger charge is -2.30. The molecule has 0 aliphatic carbocycles. The third-order valence-electron chi connectivity index (χ3n) is 3.22. The molecule has 14 heavy (non-hydrogen) atoms. The molecule has 0 spiro atoms. The molecule has 1 unspecified atom stereocenters. The van der Waals surface area contributed by atoms with Crippen LogP contribution in [0, 0.1) is 5.41 Å². The van der Waals surface area contributed by atoms with E-state index in [9.17, 15) is 4.79 Å². The van der Waals surface area contributed by atoms with Crippen LogP contribution in [0.4, 0.5) is 0 Å². The maximum absolute atomic E-state index is 11.9. The minimum Gasteiger partial charge on any atom is -0.353 e. The number of carbonyl (C=O) groups excluding carboxylic acids is 1. The second kappa shape index (κ2) is 6.02. The fourth-order valence-electron chi connectivity index (χ4n) is 1.43. The van der Waals surface area contributed by atoms with Gasteiger partial charge in [-0.15, -0.1) is 0 Å². The average Bonchev–Trinajstić information content (AvgIpc) is 2.21. The zero-order chi connectivity index (χ0) is 11.2. The molecule has 0 aliphatic rings. The van der Waals surface area contributed by atoms with Crippen LogP contribution in [0.3, 0.4) is 0 Å². The first-order chi connectivity index (χ1) is 6.56. The predicted molar refractivity (Wildman–Crippen MR) is 60.0 cm³/mol. The zero-order valence-corrected chi connectivity index (χ0v) is 9.89. The number of nitrogens with one attached hydrogen (secondary N) is 1. The summed E-state index contributed by atoms with van der Waals surface area (Å²) in [6.45, 7) is 8.55. The van der Waals surface area contributed by atoms with Crippen molar-refractivity contribution < 1.29 is 4.79 Å². The largest absolute Gasteiger partial charge is 0.353 e. The van der Waals surface area contributed by atoms with E-state index in [1.807, 2.05) is 20.8 Å². The first kappa shape index (κ1) is 13.4. The average molecular weight is 200 g/mol. The van der Waals surface area contributed by atoms with Crippen molar-refractivity contribution >= 4 is 5.91 Å². The number of rotatable bonds is 6. The van der Waals surface area contributed by atoms with Crippen molar-refractivity contribution in [2.75, 3.05) is 6.54 Å². The molecule has 0 aliphatic heterocycles. The lowest BCUT2D eigenvalue weighted by Crippen LogP contribution is -2.47. The van der Waals surface area contributed by atoms with Crippen LogP contribution in [0.5, 0.6) is 0 Å². The molecule has 1 atom stereocenters. The van der Waals surface area contributed by atoms with Crippen LogP contribution >= 0.6 is 0 Å². The SMILES string of the molecule is CCC(C)NC(=O)C(CC)(CC)CN. The van der Waals surface area contributed by atoms with Crippen LogP contribution in [-0.4, -0.2) is 18.5 Å². The maximum atomic E-state index is 11.9. The number of hydrogen-bond acceptors (Lipinski definition) is 2. The molecule has 0 radical (unpaired) electrons. The van der Waals surface area contributed by atoms with Crippen LogP contribution in [0.15, 0.2) is 0 Å². The minimum atomic E-state index is -0.358. The Hall–Kier alpha value is -0.570. The second-order valence-electron chi connectivity index (χ2n) is 3.97. The molecule has 84 valence electrons. The van der Waals surface area contributed by atoms with E-state index in [-0.39, 0.29) is 17.4 Å². The topological polar surface area (TPSA) is 55.1 Å². The van der Waals surface area contributed by atoms with Crippen molar-refractivity contribution in [3.05, 3.63) is 0 Å². The van der Waals surface area contributed by atoms with E-state index < -0.39 is 0 Å². The van der Waals surface area contributed by atoms with Gasteiger partial charge in [0.2, 0.25) is 5.91 Å². The quantitative estimate of drug-likeness (QED) is 0.685. The smallest absolute Gasteiger partial charge is 0.227 e. The van der Waals surface area contributed by atoms with E-state index >= 15 is 0 Å². The highest BCUT2D eigenvalue weighted by Crippen LogP contribution is 2.25. The maximum Gasteiger partial charge on any atom is 0.227 e. The van der Waals surface area contributed by atoms with Gasteiger partial charge in [0.1, 0.15) is 0 Å². The Balaban J connectivity index is 4.44. The Labute approximate surface area is 87.4 Å². The molecule has 3 nitrogen and oxygen atoms in total. The van der Waals surface area contributed by atoms with Gasteiger partial charge in [-0.25, -0.2) is 0 Å². The number of amides is 1.